The molecule has 0 radical (unpaired) electrons. The number of piperidine rings is 1. The Balaban J connectivity index is 1.73. The van der Waals surface area contributed by atoms with E-state index in [9.17, 15) is 17.6 Å². The van der Waals surface area contributed by atoms with Crippen LogP contribution in [0.3, 0.4) is 0 Å². The van der Waals surface area contributed by atoms with Crippen LogP contribution in [0.5, 0.6) is 11.5 Å². The van der Waals surface area contributed by atoms with E-state index in [1.54, 1.807) is 5.48 Å². The Hall–Kier alpha value is -2.53. The number of nitrogens with one attached hydrogen (secondary N) is 3. The van der Waals surface area contributed by atoms with Crippen molar-refractivity contribution >= 4 is 15.9 Å². The molecule has 1 fully saturated rings. The van der Waals surface area contributed by atoms with E-state index < -0.39 is 22.0 Å². The minimum Gasteiger partial charge on any atom is -0.457 e. The van der Waals surface area contributed by atoms with Crippen molar-refractivity contribution in [1.82, 2.24) is 15.5 Å². The van der Waals surface area contributed by atoms with Gasteiger partial charge in [-0.05, 0) is 80.4 Å². The zero-order valence-corrected chi connectivity index (χ0v) is 16.3. The lowest BCUT2D eigenvalue weighted by molar-refractivity contribution is -0.132. The first-order chi connectivity index (χ1) is 13.9. The molecule has 8 nitrogen and oxygen atoms in total. The topological polar surface area (TPSA) is 117 Å². The molecule has 3 rings (SSSR count). The second kappa shape index (κ2) is 9.31. The molecule has 1 atom stereocenters. The van der Waals surface area contributed by atoms with Crippen molar-refractivity contribution in [2.75, 3.05) is 13.1 Å². The first-order valence-corrected chi connectivity index (χ1v) is 10.6. The van der Waals surface area contributed by atoms with E-state index in [0.717, 1.165) is 0 Å². The normalized spacial score (nSPS) is 16.2. The van der Waals surface area contributed by atoms with Crippen LogP contribution in [0.25, 0.3) is 0 Å². The summed E-state index contributed by atoms with van der Waals surface area (Å²) in [5, 5.41) is 12.2. The van der Waals surface area contributed by atoms with Gasteiger partial charge < -0.3 is 10.1 Å². The van der Waals surface area contributed by atoms with Gasteiger partial charge in [-0.25, -0.2) is 18.3 Å². The molecule has 1 aliphatic heterocycles. The van der Waals surface area contributed by atoms with E-state index in [2.05, 4.69) is 10.0 Å². The van der Waals surface area contributed by atoms with Gasteiger partial charge in [0.05, 0.1) is 4.90 Å². The van der Waals surface area contributed by atoms with E-state index >= 15 is 0 Å². The highest BCUT2D eigenvalue weighted by Gasteiger charge is 2.33. The molecule has 0 saturated carbocycles. The Labute approximate surface area is 168 Å². The molecule has 1 aliphatic rings. The van der Waals surface area contributed by atoms with Crippen LogP contribution in [0.2, 0.25) is 0 Å². The molecule has 2 aromatic carbocycles. The maximum absolute atomic E-state index is 13.0. The van der Waals surface area contributed by atoms with Gasteiger partial charge in [-0.1, -0.05) is 0 Å². The maximum Gasteiger partial charge on any atom is 0.261 e. The Morgan fingerprint density at radius 3 is 2.17 bits per heavy atom. The van der Waals surface area contributed by atoms with Gasteiger partial charge in [-0.3, -0.25) is 10.0 Å². The number of hydroxylamine groups is 1. The molecule has 4 N–H and O–H groups in total. The third-order valence-corrected chi connectivity index (χ3v) is 6.17. The molecule has 1 unspecified atom stereocenters. The summed E-state index contributed by atoms with van der Waals surface area (Å²) in [6, 6.07) is 9.96. The fraction of sp³-hybridized carbons (Fsp3) is 0.316. The number of hydrogen-bond donors (Lipinski definition) is 4. The molecule has 0 aliphatic carbocycles. The summed E-state index contributed by atoms with van der Waals surface area (Å²) in [6.45, 7) is 1.33. The van der Waals surface area contributed by atoms with Crippen molar-refractivity contribution in [3.05, 3.63) is 54.3 Å². The third-order valence-electron chi connectivity index (χ3n) is 4.71. The van der Waals surface area contributed by atoms with Gasteiger partial charge in [0.15, 0.2) is 0 Å². The highest BCUT2D eigenvalue weighted by atomic mass is 32.2. The Morgan fingerprint density at radius 1 is 1.07 bits per heavy atom. The maximum atomic E-state index is 13.0. The van der Waals surface area contributed by atoms with Gasteiger partial charge in [0.2, 0.25) is 10.0 Å². The molecule has 0 bridgehead atoms. The highest BCUT2D eigenvalue weighted by molar-refractivity contribution is 7.89. The summed E-state index contributed by atoms with van der Waals surface area (Å²) in [7, 11) is -4.01. The largest absolute Gasteiger partial charge is 0.457 e. The number of sulfonamides is 1. The number of hydrogen-bond acceptors (Lipinski definition) is 6. The van der Waals surface area contributed by atoms with Crippen LogP contribution in [0.15, 0.2) is 53.4 Å². The van der Waals surface area contributed by atoms with Crippen LogP contribution in [0.1, 0.15) is 12.8 Å². The summed E-state index contributed by atoms with van der Waals surface area (Å²) >= 11 is 0. The predicted octanol–water partition coefficient (Wildman–Crippen LogP) is 1.77. The average Bonchev–Trinajstić information content (AvgIpc) is 2.74. The number of carbonyl (C=O) groups excluding carboxylic acids is 1. The van der Waals surface area contributed by atoms with Gasteiger partial charge >= 0.3 is 0 Å². The smallest absolute Gasteiger partial charge is 0.261 e. The van der Waals surface area contributed by atoms with E-state index in [4.69, 9.17) is 9.94 Å². The van der Waals surface area contributed by atoms with Crippen LogP contribution in [0, 0.1) is 11.7 Å². The monoisotopic (exact) mass is 423 g/mol. The molecule has 0 spiro atoms. The summed E-state index contributed by atoms with van der Waals surface area (Å²) < 4.78 is 46.4. The van der Waals surface area contributed by atoms with Crippen molar-refractivity contribution < 1.29 is 27.5 Å². The first-order valence-electron chi connectivity index (χ1n) is 9.09. The van der Waals surface area contributed by atoms with Crippen molar-refractivity contribution in [2.45, 2.75) is 23.8 Å². The highest BCUT2D eigenvalue weighted by Crippen LogP contribution is 2.24. The quantitative estimate of drug-likeness (QED) is 0.398. The van der Waals surface area contributed by atoms with Gasteiger partial charge in [0, 0.05) is 0 Å². The number of halogens is 1. The lowest BCUT2D eigenvalue weighted by Gasteiger charge is -2.29. The SMILES string of the molecule is O=C(NO)C(NS(=O)(=O)c1ccc(Oc2ccc(F)cc2)cc1)C1CCNCC1. The third kappa shape index (κ3) is 5.51. The first kappa shape index (κ1) is 21.2. The minimum absolute atomic E-state index is 0.0476. The molecule has 1 amide bonds. The molecule has 2 aromatic rings. The molecular formula is C19H22FN3O5S. The van der Waals surface area contributed by atoms with E-state index in [0.29, 0.717) is 37.4 Å². The lowest BCUT2D eigenvalue weighted by atomic mass is 9.90. The van der Waals surface area contributed by atoms with Gasteiger partial charge in [0.1, 0.15) is 23.4 Å². The summed E-state index contributed by atoms with van der Waals surface area (Å²) in [5.74, 6) is -0.639. The molecular weight excluding hydrogens is 401 g/mol. The molecule has 156 valence electrons. The number of carbonyl (C=O) groups is 1. The number of ether oxygens (including phenoxy) is 1. The Morgan fingerprint density at radius 2 is 1.62 bits per heavy atom. The van der Waals surface area contributed by atoms with Crippen molar-refractivity contribution in [3.8, 4) is 11.5 Å². The van der Waals surface area contributed by atoms with Crippen molar-refractivity contribution in [2.24, 2.45) is 5.92 Å². The van der Waals surface area contributed by atoms with Crippen LogP contribution >= 0.6 is 0 Å². The van der Waals surface area contributed by atoms with Gasteiger partial charge in [-0.15, -0.1) is 0 Å². The lowest BCUT2D eigenvalue weighted by Crippen LogP contribution is -2.52. The van der Waals surface area contributed by atoms with Gasteiger partial charge in [0.25, 0.3) is 5.91 Å². The van der Waals surface area contributed by atoms with Gasteiger partial charge in [-0.2, -0.15) is 4.72 Å². The average molecular weight is 423 g/mol. The number of amides is 1. The van der Waals surface area contributed by atoms with Crippen LogP contribution < -0.4 is 20.3 Å². The molecule has 10 heteroatoms. The van der Waals surface area contributed by atoms with E-state index in [-0.39, 0.29) is 16.6 Å². The van der Waals surface area contributed by atoms with Crippen LogP contribution in [-0.2, 0) is 14.8 Å². The summed E-state index contributed by atoms with van der Waals surface area (Å²) in [4.78, 5) is 12.0. The van der Waals surface area contributed by atoms with Crippen molar-refractivity contribution in [1.29, 1.82) is 0 Å². The molecule has 1 heterocycles. The number of benzene rings is 2. The summed E-state index contributed by atoms with van der Waals surface area (Å²) in [5.41, 5.74) is 1.54. The zero-order chi connectivity index (χ0) is 20.9. The Kier molecular flexibility index (Phi) is 6.80. The van der Waals surface area contributed by atoms with Crippen LogP contribution in [-0.4, -0.2) is 38.7 Å². The predicted molar refractivity (Wildman–Crippen MR) is 103 cm³/mol. The minimum atomic E-state index is -4.01. The molecule has 29 heavy (non-hydrogen) atoms. The molecule has 1 saturated heterocycles. The fourth-order valence-corrected chi connectivity index (χ4v) is 4.44. The fourth-order valence-electron chi connectivity index (χ4n) is 3.17. The van der Waals surface area contributed by atoms with Crippen LogP contribution in [0.4, 0.5) is 4.39 Å². The zero-order valence-electron chi connectivity index (χ0n) is 15.5. The Bertz CT molecular complexity index is 929. The van der Waals surface area contributed by atoms with E-state index in [1.807, 2.05) is 0 Å². The summed E-state index contributed by atoms with van der Waals surface area (Å²) in [6.07, 6.45) is 1.20. The molecule has 0 aromatic heterocycles. The second-order valence-corrected chi connectivity index (χ2v) is 8.40. The number of rotatable bonds is 7. The standard InChI is InChI=1S/C19H22FN3O5S/c20-14-1-3-15(4-2-14)28-16-5-7-17(8-6-16)29(26,27)23-18(19(24)22-25)13-9-11-21-12-10-13/h1-8,13,18,21,23,25H,9-12H2,(H,22,24). The van der Waals surface area contributed by atoms with E-state index in [1.165, 1.54) is 48.5 Å². The second-order valence-electron chi connectivity index (χ2n) is 6.69. The van der Waals surface area contributed by atoms with Crippen molar-refractivity contribution in [3.63, 3.8) is 0 Å².